The molecule has 0 atom stereocenters. The molecule has 11 heteroatoms. The molecule has 7 nitrogen and oxygen atoms in total. The van der Waals surface area contributed by atoms with Crippen LogP contribution in [0, 0.1) is 0 Å². The normalized spacial score (nSPS) is 11.8. The predicted octanol–water partition coefficient (Wildman–Crippen LogP) is 2.96. The molecule has 0 saturated heterocycles. The summed E-state index contributed by atoms with van der Waals surface area (Å²) in [6, 6.07) is 9.83. The molecule has 0 aliphatic rings. The average molecular weight is 465 g/mol. The van der Waals surface area contributed by atoms with E-state index in [1.807, 2.05) is 0 Å². The molecule has 0 saturated carbocycles. The van der Waals surface area contributed by atoms with Crippen molar-refractivity contribution in [1.82, 2.24) is 5.32 Å². The van der Waals surface area contributed by atoms with Crippen LogP contribution in [-0.2, 0) is 19.9 Å². The second-order valence-electron chi connectivity index (χ2n) is 5.75. The third kappa shape index (κ3) is 6.10. The van der Waals surface area contributed by atoms with Crippen LogP contribution in [0.3, 0.4) is 0 Å². The number of anilines is 1. The van der Waals surface area contributed by atoms with Gasteiger partial charge in [-0.1, -0.05) is 36.2 Å². The molecule has 2 rings (SSSR count). The number of nitrogens with one attached hydrogen (secondary N) is 2. The van der Waals surface area contributed by atoms with Gasteiger partial charge in [0, 0.05) is 28.6 Å². The first-order valence-electron chi connectivity index (χ1n) is 8.10. The molecule has 152 valence electrons. The molecule has 0 radical (unpaired) electrons. The van der Waals surface area contributed by atoms with E-state index in [1.54, 1.807) is 0 Å². The molecule has 0 unspecified atom stereocenters. The van der Waals surface area contributed by atoms with Crippen LogP contribution in [-0.4, -0.2) is 40.8 Å². The van der Waals surface area contributed by atoms with Crippen molar-refractivity contribution >= 4 is 54.7 Å². The Morgan fingerprint density at radius 1 is 1.04 bits per heavy atom. The molecule has 0 spiro atoms. The lowest BCUT2D eigenvalue weighted by Crippen LogP contribution is -2.29. The summed E-state index contributed by atoms with van der Waals surface area (Å²) in [6.07, 6.45) is 0. The first kappa shape index (κ1) is 22.5. The van der Waals surface area contributed by atoms with Crippen LogP contribution >= 0.6 is 23.2 Å². The summed E-state index contributed by atoms with van der Waals surface area (Å²) in [7, 11) is -7.22. The second-order valence-corrected chi connectivity index (χ2v) is 10.7. The van der Waals surface area contributed by atoms with Crippen molar-refractivity contribution < 1.29 is 21.6 Å². The van der Waals surface area contributed by atoms with Crippen LogP contribution < -0.4 is 10.0 Å². The number of hydrogen-bond donors (Lipinski definition) is 2. The van der Waals surface area contributed by atoms with Crippen LogP contribution in [0.1, 0.15) is 17.3 Å². The first-order chi connectivity index (χ1) is 13.0. The largest absolute Gasteiger partial charge is 0.351 e. The highest BCUT2D eigenvalue weighted by Crippen LogP contribution is 2.27. The van der Waals surface area contributed by atoms with Gasteiger partial charge in [0.05, 0.1) is 10.8 Å². The molecule has 1 amide bonds. The highest BCUT2D eigenvalue weighted by atomic mass is 35.5. The number of rotatable bonds is 8. The molecule has 2 aromatic carbocycles. The van der Waals surface area contributed by atoms with Gasteiger partial charge < -0.3 is 5.32 Å². The van der Waals surface area contributed by atoms with Gasteiger partial charge >= 0.3 is 0 Å². The molecule has 2 N–H and O–H groups in total. The number of hydrogen-bond acceptors (Lipinski definition) is 5. The minimum absolute atomic E-state index is 0.00271. The van der Waals surface area contributed by atoms with E-state index in [0.717, 1.165) is 0 Å². The van der Waals surface area contributed by atoms with Crippen LogP contribution in [0.4, 0.5) is 5.69 Å². The predicted molar refractivity (Wildman–Crippen MR) is 110 cm³/mol. The highest BCUT2D eigenvalue weighted by Gasteiger charge is 2.19. The molecule has 0 aliphatic heterocycles. The summed E-state index contributed by atoms with van der Waals surface area (Å²) in [5, 5.41) is 2.70. The van der Waals surface area contributed by atoms with E-state index in [4.69, 9.17) is 23.2 Å². The summed E-state index contributed by atoms with van der Waals surface area (Å²) in [5.74, 6) is -0.700. The number of benzene rings is 2. The van der Waals surface area contributed by atoms with E-state index in [9.17, 15) is 21.6 Å². The molecule has 2 aromatic rings. The van der Waals surface area contributed by atoms with Gasteiger partial charge in [0.25, 0.3) is 15.9 Å². The van der Waals surface area contributed by atoms with Gasteiger partial charge in [0.15, 0.2) is 9.84 Å². The number of carbonyl (C=O) groups is 1. The van der Waals surface area contributed by atoms with Crippen molar-refractivity contribution in [3.8, 4) is 0 Å². The van der Waals surface area contributed by atoms with E-state index >= 15 is 0 Å². The molecule has 0 aromatic heterocycles. The Hall–Kier alpha value is -1.81. The van der Waals surface area contributed by atoms with E-state index in [0.29, 0.717) is 0 Å². The maximum atomic E-state index is 12.5. The average Bonchev–Trinajstić information content (AvgIpc) is 2.63. The summed E-state index contributed by atoms with van der Waals surface area (Å²) in [4.78, 5) is 12.0. The van der Waals surface area contributed by atoms with Gasteiger partial charge in [0.1, 0.15) is 4.90 Å². The number of amides is 1. The Morgan fingerprint density at radius 2 is 1.75 bits per heavy atom. The van der Waals surface area contributed by atoms with Crippen molar-refractivity contribution in [1.29, 1.82) is 0 Å². The summed E-state index contributed by atoms with van der Waals surface area (Å²) >= 11 is 11.8. The fourth-order valence-electron chi connectivity index (χ4n) is 2.18. The standard InChI is InChI=1S/C17H18Cl2N2O5S2/c1-2-27(23,24)9-8-20-17(22)12-4-3-5-14(10-12)21-28(25,26)16-11-13(18)6-7-15(16)19/h3-7,10-11,21H,2,8-9H2,1H3,(H,20,22). The fourth-order valence-corrected chi connectivity index (χ4v) is 4.70. The fraction of sp³-hybridized carbons (Fsp3) is 0.235. The molecule has 0 fully saturated rings. The smallest absolute Gasteiger partial charge is 0.263 e. The lowest BCUT2D eigenvalue weighted by Gasteiger charge is -2.11. The maximum Gasteiger partial charge on any atom is 0.263 e. The highest BCUT2D eigenvalue weighted by molar-refractivity contribution is 7.92. The monoisotopic (exact) mass is 464 g/mol. The lowest BCUT2D eigenvalue weighted by molar-refractivity contribution is 0.0956. The van der Waals surface area contributed by atoms with Crippen LogP contribution in [0.25, 0.3) is 0 Å². The van der Waals surface area contributed by atoms with Crippen molar-refractivity contribution in [2.45, 2.75) is 11.8 Å². The zero-order valence-electron chi connectivity index (χ0n) is 14.8. The number of halogens is 2. The maximum absolute atomic E-state index is 12.5. The van der Waals surface area contributed by atoms with Gasteiger partial charge in [-0.15, -0.1) is 0 Å². The van der Waals surface area contributed by atoms with E-state index in [2.05, 4.69) is 10.0 Å². The Bertz CT molecular complexity index is 1090. The van der Waals surface area contributed by atoms with Crippen LogP contribution in [0.5, 0.6) is 0 Å². The minimum atomic E-state index is -4.03. The van der Waals surface area contributed by atoms with Crippen molar-refractivity contribution in [2.75, 3.05) is 22.8 Å². The minimum Gasteiger partial charge on any atom is -0.351 e. The summed E-state index contributed by atoms with van der Waals surface area (Å²) < 4.78 is 50.4. The van der Waals surface area contributed by atoms with Crippen molar-refractivity contribution in [2.24, 2.45) is 0 Å². The topological polar surface area (TPSA) is 109 Å². The van der Waals surface area contributed by atoms with Crippen molar-refractivity contribution in [3.63, 3.8) is 0 Å². The molecule has 0 bridgehead atoms. The van der Waals surface area contributed by atoms with Crippen LogP contribution in [0.2, 0.25) is 10.0 Å². The zero-order chi connectivity index (χ0) is 20.9. The van der Waals surface area contributed by atoms with Gasteiger partial charge in [-0.25, -0.2) is 16.8 Å². The van der Waals surface area contributed by atoms with Crippen LogP contribution in [0.15, 0.2) is 47.4 Å². The Kier molecular flexibility index (Phi) is 7.33. The Balaban J connectivity index is 2.14. The zero-order valence-corrected chi connectivity index (χ0v) is 17.9. The van der Waals surface area contributed by atoms with Gasteiger partial charge in [0.2, 0.25) is 0 Å². The molecular formula is C17H18Cl2N2O5S2. The van der Waals surface area contributed by atoms with Gasteiger partial charge in [-0.2, -0.15) is 0 Å². The second kappa shape index (κ2) is 9.13. The number of carbonyl (C=O) groups excluding carboxylic acids is 1. The third-order valence-electron chi connectivity index (χ3n) is 3.70. The lowest BCUT2D eigenvalue weighted by atomic mass is 10.2. The van der Waals surface area contributed by atoms with E-state index in [1.165, 1.54) is 49.4 Å². The number of sulfone groups is 1. The van der Waals surface area contributed by atoms with E-state index in [-0.39, 0.29) is 44.2 Å². The first-order valence-corrected chi connectivity index (χ1v) is 12.2. The molecular weight excluding hydrogens is 447 g/mol. The molecule has 0 aliphatic carbocycles. The SMILES string of the molecule is CCS(=O)(=O)CCNC(=O)c1cccc(NS(=O)(=O)c2cc(Cl)ccc2Cl)c1. The Morgan fingerprint density at radius 3 is 2.43 bits per heavy atom. The number of sulfonamides is 1. The summed E-state index contributed by atoms with van der Waals surface area (Å²) in [6.45, 7) is 1.49. The van der Waals surface area contributed by atoms with Crippen molar-refractivity contribution in [3.05, 3.63) is 58.1 Å². The quantitative estimate of drug-likeness (QED) is 0.623. The molecule has 28 heavy (non-hydrogen) atoms. The van der Waals surface area contributed by atoms with Gasteiger partial charge in [-0.3, -0.25) is 9.52 Å². The third-order valence-corrected chi connectivity index (χ3v) is 7.50. The molecule has 0 heterocycles. The Labute approximate surface area is 174 Å². The van der Waals surface area contributed by atoms with Gasteiger partial charge in [-0.05, 0) is 36.4 Å². The summed E-state index contributed by atoms with van der Waals surface area (Å²) in [5.41, 5.74) is 0.316. The van der Waals surface area contributed by atoms with E-state index < -0.39 is 25.8 Å².